The summed E-state index contributed by atoms with van der Waals surface area (Å²) in [5, 5.41) is 0. The molecule has 1 fully saturated rings. The largest absolute Gasteiger partial charge is 0.374 e. The summed E-state index contributed by atoms with van der Waals surface area (Å²) in [5.41, 5.74) is 0.654. The van der Waals surface area contributed by atoms with Gasteiger partial charge < -0.3 is 4.74 Å². The van der Waals surface area contributed by atoms with Gasteiger partial charge in [-0.1, -0.05) is 12.2 Å². The van der Waals surface area contributed by atoms with Crippen molar-refractivity contribution >= 4 is 0 Å². The predicted molar refractivity (Wildman–Crippen MR) is 38.4 cm³/mol. The van der Waals surface area contributed by atoms with Crippen molar-refractivity contribution in [3.05, 3.63) is 12.2 Å². The quantitative estimate of drug-likeness (QED) is 0.494. The van der Waals surface area contributed by atoms with E-state index in [1.54, 1.807) is 6.92 Å². The zero-order valence-corrected chi connectivity index (χ0v) is 5.50. The zero-order valence-electron chi connectivity index (χ0n) is 9.50. The van der Waals surface area contributed by atoms with Crippen molar-refractivity contribution in [2.75, 3.05) is 6.58 Å². The van der Waals surface area contributed by atoms with Crippen LogP contribution in [0.15, 0.2) is 12.2 Å². The Hall–Kier alpha value is -0.300. The molecular formula is C8H14O. The number of ether oxygens (including phenoxy) is 1. The second kappa shape index (κ2) is 3.02. The van der Waals surface area contributed by atoms with E-state index in [0.717, 1.165) is 0 Å². The van der Waals surface area contributed by atoms with Gasteiger partial charge in [-0.3, -0.25) is 0 Å². The summed E-state index contributed by atoms with van der Waals surface area (Å²) in [4.78, 5) is 0. The third-order valence-corrected chi connectivity index (χ3v) is 1.19. The minimum atomic E-state index is -1.02. The van der Waals surface area contributed by atoms with E-state index in [2.05, 4.69) is 6.58 Å². The van der Waals surface area contributed by atoms with E-state index in [4.69, 9.17) is 10.2 Å². The molecule has 1 unspecified atom stereocenters. The molecule has 1 aliphatic heterocycles. The molecule has 1 rings (SSSR count). The van der Waals surface area contributed by atoms with E-state index in [1.165, 1.54) is 0 Å². The molecule has 0 bridgehead atoms. The second-order valence-electron chi connectivity index (χ2n) is 2.12. The lowest BCUT2D eigenvalue weighted by Crippen LogP contribution is -2.19. The van der Waals surface area contributed by atoms with Gasteiger partial charge in [0.2, 0.25) is 0 Å². The topological polar surface area (TPSA) is 9.23 Å². The summed E-state index contributed by atoms with van der Waals surface area (Å²) in [6.07, 6.45) is -3.18. The van der Waals surface area contributed by atoms with Crippen LogP contribution in [0.4, 0.5) is 0 Å². The number of hydrogen-bond acceptors (Lipinski definition) is 1. The van der Waals surface area contributed by atoms with E-state index in [-0.39, 0.29) is 0 Å². The smallest absolute Gasteiger partial charge is 0.0779 e. The van der Waals surface area contributed by atoms with Crippen LogP contribution < -0.4 is 0 Å². The van der Waals surface area contributed by atoms with Crippen LogP contribution in [0.25, 0.3) is 0 Å². The average molecular weight is 130 g/mol. The van der Waals surface area contributed by atoms with E-state index in [1.807, 2.05) is 0 Å². The Kier molecular flexibility index (Phi) is 1.07. The van der Waals surface area contributed by atoms with E-state index in [9.17, 15) is 0 Å². The Morgan fingerprint density at radius 2 is 2.56 bits per heavy atom. The standard InChI is InChI=1S/C8H14O/c1-7(2)8-5-3-4-6-9-8/h8H,1,3-6H2,2H3/t8-/m0/s1/i3D,4D,5D,6D/t3-,4+,5-,6?,8-. The highest BCUT2D eigenvalue weighted by Gasteiger charge is 2.12. The Bertz CT molecular complexity index is 208. The molecule has 0 spiro atoms. The molecule has 0 amide bonds. The molecule has 1 heteroatoms. The SMILES string of the molecule is [2H]C1O[C@H](C(=C)C)[C@@H]([2H])[C@@H]([2H])[C@H]1[2H]. The number of hydrogen-bond donors (Lipinski definition) is 0. The lowest BCUT2D eigenvalue weighted by atomic mass is 10.0. The number of rotatable bonds is 1. The van der Waals surface area contributed by atoms with E-state index >= 15 is 0 Å². The van der Waals surface area contributed by atoms with Crippen LogP contribution in [0.2, 0.25) is 0 Å². The molecule has 0 aromatic carbocycles. The first-order chi connectivity index (χ1) is 5.95. The molecule has 0 aromatic heterocycles. The molecule has 52 valence electrons. The monoisotopic (exact) mass is 130 g/mol. The normalized spacial score (nSPS) is 67.0. The van der Waals surface area contributed by atoms with Gasteiger partial charge in [-0.05, 0) is 26.1 Å². The highest BCUT2D eigenvalue weighted by Crippen LogP contribution is 2.17. The highest BCUT2D eigenvalue weighted by molar-refractivity contribution is 4.98. The summed E-state index contributed by atoms with van der Waals surface area (Å²) in [5.74, 6) is 0. The molecule has 9 heavy (non-hydrogen) atoms. The zero-order chi connectivity index (χ0) is 10.2. The van der Waals surface area contributed by atoms with Gasteiger partial charge in [-0.25, -0.2) is 0 Å². The minimum absolute atomic E-state index is 0.563. The highest BCUT2D eigenvalue weighted by atomic mass is 16.5. The summed E-state index contributed by atoms with van der Waals surface area (Å²) in [7, 11) is 0. The average Bonchev–Trinajstić information content (AvgIpc) is 2.07. The van der Waals surface area contributed by atoms with Crippen molar-refractivity contribution in [1.82, 2.24) is 0 Å². The first kappa shape index (κ1) is 3.20. The van der Waals surface area contributed by atoms with Gasteiger partial charge >= 0.3 is 0 Å². The summed E-state index contributed by atoms with van der Waals surface area (Å²) in [6, 6.07) is 0. The molecule has 5 atom stereocenters. The van der Waals surface area contributed by atoms with Crippen LogP contribution in [0.1, 0.15) is 31.6 Å². The van der Waals surface area contributed by atoms with Crippen molar-refractivity contribution < 1.29 is 10.2 Å². The lowest BCUT2D eigenvalue weighted by molar-refractivity contribution is 0.0396. The summed E-state index contributed by atoms with van der Waals surface area (Å²) < 4.78 is 35.0. The maximum absolute atomic E-state index is 7.61. The molecule has 0 radical (unpaired) electrons. The van der Waals surface area contributed by atoms with Crippen LogP contribution >= 0.6 is 0 Å². The summed E-state index contributed by atoms with van der Waals surface area (Å²) in [6.45, 7) is 4.35. The van der Waals surface area contributed by atoms with Gasteiger partial charge in [0.15, 0.2) is 0 Å². The maximum Gasteiger partial charge on any atom is 0.0779 e. The van der Waals surface area contributed by atoms with Gasteiger partial charge in [-0.2, -0.15) is 0 Å². The van der Waals surface area contributed by atoms with E-state index in [0.29, 0.717) is 5.57 Å². The molecule has 0 aliphatic carbocycles. The Morgan fingerprint density at radius 3 is 3.22 bits per heavy atom. The van der Waals surface area contributed by atoms with Crippen LogP contribution in [0.3, 0.4) is 0 Å². The van der Waals surface area contributed by atoms with Crippen LogP contribution in [-0.4, -0.2) is 12.7 Å². The fourth-order valence-electron chi connectivity index (χ4n) is 0.666. The first-order valence-electron chi connectivity index (χ1n) is 5.26. The van der Waals surface area contributed by atoms with Crippen molar-refractivity contribution in [2.24, 2.45) is 0 Å². The van der Waals surface area contributed by atoms with Crippen LogP contribution in [0, 0.1) is 0 Å². The Morgan fingerprint density at radius 1 is 1.78 bits per heavy atom. The molecule has 0 N–H and O–H groups in total. The Balaban J connectivity index is 2.76. The van der Waals surface area contributed by atoms with Gasteiger partial charge in [0, 0.05) is 10.7 Å². The van der Waals surface area contributed by atoms with Crippen molar-refractivity contribution in [1.29, 1.82) is 0 Å². The van der Waals surface area contributed by atoms with Crippen molar-refractivity contribution in [3.63, 3.8) is 0 Å². The van der Waals surface area contributed by atoms with E-state index < -0.39 is 31.9 Å². The maximum atomic E-state index is 7.61. The summed E-state index contributed by atoms with van der Waals surface area (Å²) >= 11 is 0. The van der Waals surface area contributed by atoms with Gasteiger partial charge in [0.1, 0.15) is 0 Å². The Labute approximate surface area is 62.3 Å². The molecule has 0 aromatic rings. The molecule has 1 aliphatic rings. The predicted octanol–water partition coefficient (Wildman–Crippen LogP) is 2.13. The molecule has 0 saturated carbocycles. The fraction of sp³-hybridized carbons (Fsp3) is 0.750. The van der Waals surface area contributed by atoms with Crippen LogP contribution in [-0.2, 0) is 4.74 Å². The van der Waals surface area contributed by atoms with Crippen LogP contribution in [0.5, 0.6) is 0 Å². The van der Waals surface area contributed by atoms with Crippen molar-refractivity contribution in [2.45, 2.75) is 32.2 Å². The minimum Gasteiger partial charge on any atom is -0.374 e. The molecule has 1 nitrogen and oxygen atoms in total. The van der Waals surface area contributed by atoms with Gasteiger partial charge in [0.25, 0.3) is 0 Å². The van der Waals surface area contributed by atoms with Gasteiger partial charge in [0.05, 0.1) is 7.47 Å². The third kappa shape index (κ3) is 1.83. The first-order valence-corrected chi connectivity index (χ1v) is 2.95. The molecule has 1 heterocycles. The molecule has 1 saturated heterocycles. The lowest BCUT2D eigenvalue weighted by Gasteiger charge is -2.22. The fourth-order valence-corrected chi connectivity index (χ4v) is 0.666. The third-order valence-electron chi connectivity index (χ3n) is 1.19. The van der Waals surface area contributed by atoms with Crippen molar-refractivity contribution in [3.8, 4) is 0 Å². The van der Waals surface area contributed by atoms with Gasteiger partial charge in [-0.15, -0.1) is 0 Å². The second-order valence-corrected chi connectivity index (χ2v) is 2.12. The molecular weight excluding hydrogens is 112 g/mol.